The summed E-state index contributed by atoms with van der Waals surface area (Å²) in [6.07, 6.45) is 2.44. The average Bonchev–Trinajstić information content (AvgIpc) is 3.02. The number of pyridine rings is 1. The van der Waals surface area contributed by atoms with Crippen molar-refractivity contribution in [3.8, 4) is 0 Å². The molecule has 23 heavy (non-hydrogen) atoms. The summed E-state index contributed by atoms with van der Waals surface area (Å²) in [7, 11) is 0. The normalized spacial score (nSPS) is 11.0. The molecule has 0 atom stereocenters. The fraction of sp³-hybridized carbons (Fsp3) is 0.333. The molecule has 2 heterocycles. The number of aromatic nitrogens is 4. The smallest absolute Gasteiger partial charge is 0.411 e. The van der Waals surface area contributed by atoms with Gasteiger partial charge in [-0.05, 0) is 35.0 Å². The molecule has 0 saturated carbocycles. The lowest BCUT2D eigenvalue weighted by Crippen LogP contribution is -2.15. The van der Waals surface area contributed by atoms with E-state index in [9.17, 15) is 4.79 Å². The van der Waals surface area contributed by atoms with Crippen LogP contribution >= 0.6 is 11.6 Å². The molecule has 0 saturated heterocycles. The van der Waals surface area contributed by atoms with Crippen LogP contribution in [0.3, 0.4) is 0 Å². The Morgan fingerprint density at radius 2 is 2.22 bits per heavy atom. The van der Waals surface area contributed by atoms with Gasteiger partial charge in [-0.25, -0.2) is 4.79 Å². The predicted octanol–water partition coefficient (Wildman–Crippen LogP) is 3.67. The van der Waals surface area contributed by atoms with Gasteiger partial charge in [0.1, 0.15) is 0 Å². The number of tetrazole rings is 1. The Morgan fingerprint density at radius 3 is 3.04 bits per heavy atom. The summed E-state index contributed by atoms with van der Waals surface area (Å²) < 4.78 is 6.69. The SMILES string of the molecule is CCCCCOC(=O)Nc1cc2ccc(Cl)cc2n2nnnc12. The highest BCUT2D eigenvalue weighted by Crippen LogP contribution is 2.25. The van der Waals surface area contributed by atoms with Crippen LogP contribution in [0, 0.1) is 0 Å². The summed E-state index contributed by atoms with van der Waals surface area (Å²) in [5, 5.41) is 15.7. The van der Waals surface area contributed by atoms with E-state index >= 15 is 0 Å². The molecule has 1 amide bonds. The lowest BCUT2D eigenvalue weighted by atomic mass is 10.2. The van der Waals surface area contributed by atoms with Crippen molar-refractivity contribution in [3.63, 3.8) is 0 Å². The topological polar surface area (TPSA) is 81.4 Å². The third kappa shape index (κ3) is 3.34. The Bertz CT molecular complexity index is 848. The van der Waals surface area contributed by atoms with Gasteiger partial charge >= 0.3 is 6.09 Å². The van der Waals surface area contributed by atoms with Crippen LogP contribution in [0.1, 0.15) is 26.2 Å². The van der Waals surface area contributed by atoms with Gasteiger partial charge in [-0.1, -0.05) is 37.4 Å². The van der Waals surface area contributed by atoms with Crippen LogP contribution in [0.5, 0.6) is 0 Å². The Hall–Kier alpha value is -2.41. The number of hydrogen-bond donors (Lipinski definition) is 1. The second-order valence-electron chi connectivity index (χ2n) is 5.14. The summed E-state index contributed by atoms with van der Waals surface area (Å²) in [4.78, 5) is 11.9. The van der Waals surface area contributed by atoms with Gasteiger partial charge in [0.25, 0.3) is 0 Å². The minimum atomic E-state index is -0.515. The number of unbranched alkanes of at least 4 members (excludes halogenated alkanes) is 2. The highest BCUT2D eigenvalue weighted by Gasteiger charge is 2.13. The van der Waals surface area contributed by atoms with Crippen molar-refractivity contribution in [2.24, 2.45) is 0 Å². The third-order valence-electron chi connectivity index (χ3n) is 3.45. The molecule has 3 aromatic rings. The third-order valence-corrected chi connectivity index (χ3v) is 3.68. The fourth-order valence-electron chi connectivity index (χ4n) is 2.31. The van der Waals surface area contributed by atoms with Crippen LogP contribution in [0.25, 0.3) is 16.6 Å². The number of anilines is 1. The van der Waals surface area contributed by atoms with Gasteiger partial charge in [0, 0.05) is 10.4 Å². The zero-order valence-corrected chi connectivity index (χ0v) is 13.4. The van der Waals surface area contributed by atoms with E-state index in [0.29, 0.717) is 23.0 Å². The summed E-state index contributed by atoms with van der Waals surface area (Å²) in [6.45, 7) is 2.49. The lowest BCUT2D eigenvalue weighted by Gasteiger charge is -2.09. The zero-order valence-electron chi connectivity index (χ0n) is 12.6. The number of hydrogen-bond acceptors (Lipinski definition) is 5. The van der Waals surface area contributed by atoms with E-state index in [0.717, 1.165) is 30.2 Å². The van der Waals surface area contributed by atoms with Gasteiger partial charge in [0.15, 0.2) is 0 Å². The number of carbonyl (C=O) groups excluding carboxylic acids is 1. The van der Waals surface area contributed by atoms with E-state index in [2.05, 4.69) is 27.8 Å². The first-order valence-electron chi connectivity index (χ1n) is 7.43. The van der Waals surface area contributed by atoms with Gasteiger partial charge in [-0.3, -0.25) is 5.32 Å². The number of ether oxygens (including phenoxy) is 1. The minimum absolute atomic E-state index is 0.393. The molecule has 0 radical (unpaired) electrons. The van der Waals surface area contributed by atoms with Crippen molar-refractivity contribution in [2.45, 2.75) is 26.2 Å². The number of fused-ring (bicyclic) bond motifs is 3. The average molecular weight is 334 g/mol. The number of amides is 1. The van der Waals surface area contributed by atoms with Crippen LogP contribution in [0.4, 0.5) is 10.5 Å². The molecule has 0 aliphatic carbocycles. The second-order valence-corrected chi connectivity index (χ2v) is 5.58. The lowest BCUT2D eigenvalue weighted by molar-refractivity contribution is 0.159. The fourth-order valence-corrected chi connectivity index (χ4v) is 2.48. The van der Waals surface area contributed by atoms with Gasteiger partial charge < -0.3 is 4.74 Å². The molecule has 0 unspecified atom stereocenters. The minimum Gasteiger partial charge on any atom is -0.449 e. The van der Waals surface area contributed by atoms with Crippen LogP contribution in [-0.2, 0) is 4.74 Å². The van der Waals surface area contributed by atoms with E-state index in [1.165, 1.54) is 4.52 Å². The Balaban J connectivity index is 1.86. The van der Waals surface area contributed by atoms with E-state index < -0.39 is 6.09 Å². The van der Waals surface area contributed by atoms with Crippen molar-refractivity contribution in [1.82, 2.24) is 20.0 Å². The maximum absolute atomic E-state index is 11.9. The summed E-state index contributed by atoms with van der Waals surface area (Å²) >= 11 is 6.02. The summed E-state index contributed by atoms with van der Waals surface area (Å²) in [5.74, 6) is 0. The number of nitrogens with one attached hydrogen (secondary N) is 1. The monoisotopic (exact) mass is 333 g/mol. The summed E-state index contributed by atoms with van der Waals surface area (Å²) in [5.41, 5.74) is 1.69. The maximum Gasteiger partial charge on any atom is 0.411 e. The Labute approximate surface area is 137 Å². The van der Waals surface area contributed by atoms with Crippen LogP contribution in [-0.4, -0.2) is 32.7 Å². The van der Waals surface area contributed by atoms with E-state index in [4.69, 9.17) is 16.3 Å². The molecule has 0 spiro atoms. The number of rotatable bonds is 5. The van der Waals surface area contributed by atoms with Crippen molar-refractivity contribution < 1.29 is 9.53 Å². The molecule has 0 fully saturated rings. The first kappa shape index (κ1) is 15.5. The molecule has 3 rings (SSSR count). The molecule has 120 valence electrons. The zero-order chi connectivity index (χ0) is 16.2. The molecular formula is C15H16ClN5O2. The van der Waals surface area contributed by atoms with Crippen LogP contribution < -0.4 is 5.32 Å². The number of halogens is 1. The second kappa shape index (κ2) is 6.78. The number of carbonyl (C=O) groups is 1. The number of nitrogens with zero attached hydrogens (tertiary/aromatic N) is 4. The van der Waals surface area contributed by atoms with Crippen molar-refractivity contribution in [2.75, 3.05) is 11.9 Å². The standard InChI is InChI=1S/C15H16ClN5O2/c1-2-3-4-7-23-15(22)17-12-8-10-5-6-11(16)9-13(10)21-14(12)18-19-20-21/h5-6,8-9H,2-4,7H2,1H3,(H,17,22). The van der Waals surface area contributed by atoms with Gasteiger partial charge in [-0.15, -0.1) is 5.10 Å². The van der Waals surface area contributed by atoms with Crippen molar-refractivity contribution in [1.29, 1.82) is 0 Å². The number of benzene rings is 1. The molecule has 2 aromatic heterocycles. The first-order chi connectivity index (χ1) is 11.2. The highest BCUT2D eigenvalue weighted by molar-refractivity contribution is 6.31. The first-order valence-corrected chi connectivity index (χ1v) is 7.81. The molecule has 7 nitrogen and oxygen atoms in total. The predicted molar refractivity (Wildman–Crippen MR) is 87.8 cm³/mol. The Morgan fingerprint density at radius 1 is 1.35 bits per heavy atom. The molecular weight excluding hydrogens is 318 g/mol. The molecule has 0 aliphatic heterocycles. The van der Waals surface area contributed by atoms with E-state index in [1.807, 2.05) is 6.07 Å². The van der Waals surface area contributed by atoms with Gasteiger partial charge in [0.2, 0.25) is 5.65 Å². The molecule has 0 bridgehead atoms. The van der Waals surface area contributed by atoms with Crippen LogP contribution in [0.2, 0.25) is 5.02 Å². The van der Waals surface area contributed by atoms with Crippen molar-refractivity contribution in [3.05, 3.63) is 29.3 Å². The van der Waals surface area contributed by atoms with Gasteiger partial charge in [-0.2, -0.15) is 4.52 Å². The quantitative estimate of drug-likeness (QED) is 0.720. The summed E-state index contributed by atoms with van der Waals surface area (Å²) in [6, 6.07) is 7.18. The van der Waals surface area contributed by atoms with E-state index in [1.54, 1.807) is 18.2 Å². The van der Waals surface area contributed by atoms with Crippen molar-refractivity contribution >= 4 is 39.9 Å². The van der Waals surface area contributed by atoms with E-state index in [-0.39, 0.29) is 0 Å². The molecule has 8 heteroatoms. The largest absolute Gasteiger partial charge is 0.449 e. The van der Waals surface area contributed by atoms with Gasteiger partial charge in [0.05, 0.1) is 17.8 Å². The maximum atomic E-state index is 11.9. The molecule has 1 aromatic carbocycles. The molecule has 1 N–H and O–H groups in total. The molecule has 0 aliphatic rings. The highest BCUT2D eigenvalue weighted by atomic mass is 35.5. The Kier molecular flexibility index (Phi) is 4.57. The van der Waals surface area contributed by atoms with Crippen LogP contribution in [0.15, 0.2) is 24.3 Å².